The Kier molecular flexibility index (Phi) is 5.21. The van der Waals surface area contributed by atoms with Crippen molar-refractivity contribution in [2.24, 2.45) is 0 Å². The van der Waals surface area contributed by atoms with Gasteiger partial charge in [-0.3, -0.25) is 4.79 Å². The zero-order valence-electron chi connectivity index (χ0n) is 13.3. The van der Waals surface area contributed by atoms with Gasteiger partial charge in [0, 0.05) is 17.8 Å². The lowest BCUT2D eigenvalue weighted by Crippen LogP contribution is -2.19. The minimum Gasteiger partial charge on any atom is -0.367 e. The minimum absolute atomic E-state index is 0.312. The Bertz CT molecular complexity index is 760. The number of hydrogen-bond acceptors (Lipinski definition) is 4. The highest BCUT2D eigenvalue weighted by Gasteiger charge is 2.17. The van der Waals surface area contributed by atoms with Crippen LogP contribution in [0.1, 0.15) is 42.0 Å². The molecule has 0 radical (unpaired) electrons. The first-order valence-electron chi connectivity index (χ1n) is 7.90. The molecule has 0 bridgehead atoms. The Morgan fingerprint density at radius 3 is 2.58 bits per heavy atom. The highest BCUT2D eigenvalue weighted by Crippen LogP contribution is 2.25. The molecule has 5 nitrogen and oxygen atoms in total. The lowest BCUT2D eigenvalue weighted by molar-refractivity contribution is 0.102. The molecule has 0 saturated heterocycles. The maximum Gasteiger partial charge on any atom is 0.274 e. The van der Waals surface area contributed by atoms with Gasteiger partial charge in [0.2, 0.25) is 0 Å². The third kappa shape index (κ3) is 4.16. The SMILES string of the molecule is Cc1nc(NC2CCCC2)cc(C(=O)Nc2ccc(Cl)c(Cl)c2)n1. The van der Waals surface area contributed by atoms with E-state index in [0.717, 1.165) is 12.8 Å². The molecule has 2 N–H and O–H groups in total. The zero-order valence-corrected chi connectivity index (χ0v) is 14.8. The Labute approximate surface area is 150 Å². The smallest absolute Gasteiger partial charge is 0.274 e. The van der Waals surface area contributed by atoms with Gasteiger partial charge < -0.3 is 10.6 Å². The fraction of sp³-hybridized carbons (Fsp3) is 0.353. The maximum atomic E-state index is 12.4. The van der Waals surface area contributed by atoms with Crippen molar-refractivity contribution in [1.82, 2.24) is 9.97 Å². The molecule has 0 aliphatic heterocycles. The predicted octanol–water partition coefficient (Wildman–Crippen LogP) is 4.70. The van der Waals surface area contributed by atoms with Gasteiger partial charge in [0.1, 0.15) is 17.3 Å². The summed E-state index contributed by atoms with van der Waals surface area (Å²) in [5.74, 6) is 0.930. The monoisotopic (exact) mass is 364 g/mol. The first-order valence-corrected chi connectivity index (χ1v) is 8.65. The normalized spacial score (nSPS) is 14.6. The molecule has 0 atom stereocenters. The van der Waals surface area contributed by atoms with Crippen LogP contribution in [0.15, 0.2) is 24.3 Å². The highest BCUT2D eigenvalue weighted by atomic mass is 35.5. The molecule has 1 aliphatic carbocycles. The average Bonchev–Trinajstić information content (AvgIpc) is 3.03. The van der Waals surface area contributed by atoms with E-state index in [2.05, 4.69) is 20.6 Å². The maximum absolute atomic E-state index is 12.4. The average molecular weight is 365 g/mol. The molecule has 1 aromatic heterocycles. The van der Waals surface area contributed by atoms with E-state index in [1.54, 1.807) is 31.2 Å². The van der Waals surface area contributed by atoms with Crippen molar-refractivity contribution in [3.63, 3.8) is 0 Å². The standard InChI is InChI=1S/C17H18Cl2N4O/c1-10-20-15(9-16(21-10)22-11-4-2-3-5-11)17(24)23-12-6-7-13(18)14(19)8-12/h6-9,11H,2-5H2,1H3,(H,23,24)(H,20,21,22). The number of hydrogen-bond donors (Lipinski definition) is 2. The molecule has 3 rings (SSSR count). The zero-order chi connectivity index (χ0) is 17.1. The number of aromatic nitrogens is 2. The Morgan fingerprint density at radius 2 is 1.88 bits per heavy atom. The van der Waals surface area contributed by atoms with Crippen molar-refractivity contribution in [2.45, 2.75) is 38.6 Å². The van der Waals surface area contributed by atoms with Crippen LogP contribution in [0.4, 0.5) is 11.5 Å². The Hall–Kier alpha value is -1.85. The quantitative estimate of drug-likeness (QED) is 0.824. The van der Waals surface area contributed by atoms with E-state index < -0.39 is 0 Å². The van der Waals surface area contributed by atoms with Crippen LogP contribution in [-0.2, 0) is 0 Å². The van der Waals surface area contributed by atoms with E-state index in [9.17, 15) is 4.79 Å². The van der Waals surface area contributed by atoms with Gasteiger partial charge in [-0.1, -0.05) is 36.0 Å². The molecule has 2 aromatic rings. The van der Waals surface area contributed by atoms with E-state index in [0.29, 0.717) is 39.1 Å². The van der Waals surface area contributed by atoms with E-state index in [1.807, 2.05) is 0 Å². The summed E-state index contributed by atoms with van der Waals surface area (Å²) in [4.78, 5) is 21.0. The third-order valence-corrected chi connectivity index (χ3v) is 4.69. The second-order valence-electron chi connectivity index (χ2n) is 5.89. The molecule has 0 spiro atoms. The number of carbonyl (C=O) groups is 1. The lowest BCUT2D eigenvalue weighted by atomic mass is 10.2. The van der Waals surface area contributed by atoms with E-state index >= 15 is 0 Å². The number of nitrogens with zero attached hydrogens (tertiary/aromatic N) is 2. The Morgan fingerprint density at radius 1 is 1.12 bits per heavy atom. The van der Waals surface area contributed by atoms with Crippen LogP contribution in [0.25, 0.3) is 0 Å². The molecule has 7 heteroatoms. The van der Waals surface area contributed by atoms with Crippen molar-refractivity contribution < 1.29 is 4.79 Å². The van der Waals surface area contributed by atoms with Crippen molar-refractivity contribution in [2.75, 3.05) is 10.6 Å². The van der Waals surface area contributed by atoms with E-state index in [1.165, 1.54) is 12.8 Å². The topological polar surface area (TPSA) is 66.9 Å². The number of amides is 1. The van der Waals surface area contributed by atoms with Gasteiger partial charge in [0.15, 0.2) is 0 Å². The molecule has 0 unspecified atom stereocenters. The van der Waals surface area contributed by atoms with Gasteiger partial charge in [-0.2, -0.15) is 0 Å². The third-order valence-electron chi connectivity index (χ3n) is 3.96. The van der Waals surface area contributed by atoms with Gasteiger partial charge in [0.25, 0.3) is 5.91 Å². The molecule has 1 heterocycles. The second-order valence-corrected chi connectivity index (χ2v) is 6.71. The number of rotatable bonds is 4. The van der Waals surface area contributed by atoms with Gasteiger partial charge in [0.05, 0.1) is 10.0 Å². The second kappa shape index (κ2) is 7.36. The molecule has 1 amide bonds. The van der Waals surface area contributed by atoms with Crippen molar-refractivity contribution in [3.8, 4) is 0 Å². The van der Waals surface area contributed by atoms with E-state index in [4.69, 9.17) is 23.2 Å². The fourth-order valence-corrected chi connectivity index (χ4v) is 3.10. The summed E-state index contributed by atoms with van der Waals surface area (Å²) in [5.41, 5.74) is 0.880. The largest absolute Gasteiger partial charge is 0.367 e. The first-order chi connectivity index (χ1) is 11.5. The summed E-state index contributed by atoms with van der Waals surface area (Å²) >= 11 is 11.9. The summed E-state index contributed by atoms with van der Waals surface area (Å²) in [6.45, 7) is 1.77. The van der Waals surface area contributed by atoms with Gasteiger partial charge in [-0.05, 0) is 38.0 Å². The molecule has 1 aromatic carbocycles. The summed E-state index contributed by atoms with van der Waals surface area (Å²) in [6, 6.07) is 7.03. The van der Waals surface area contributed by atoms with Crippen LogP contribution >= 0.6 is 23.2 Å². The van der Waals surface area contributed by atoms with Crippen LogP contribution in [-0.4, -0.2) is 21.9 Å². The van der Waals surface area contributed by atoms with Crippen LogP contribution in [0.5, 0.6) is 0 Å². The summed E-state index contributed by atoms with van der Waals surface area (Å²) in [7, 11) is 0. The number of aryl methyl sites for hydroxylation is 1. The summed E-state index contributed by atoms with van der Waals surface area (Å²) in [5, 5.41) is 6.99. The number of halogens is 2. The molecule has 1 fully saturated rings. The minimum atomic E-state index is -0.312. The molecular formula is C17H18Cl2N4O. The van der Waals surface area contributed by atoms with Gasteiger partial charge in [-0.25, -0.2) is 9.97 Å². The highest BCUT2D eigenvalue weighted by molar-refractivity contribution is 6.42. The molecule has 1 aliphatic rings. The van der Waals surface area contributed by atoms with Gasteiger partial charge in [-0.15, -0.1) is 0 Å². The molecule has 126 valence electrons. The van der Waals surface area contributed by atoms with Crippen LogP contribution < -0.4 is 10.6 Å². The molecule has 24 heavy (non-hydrogen) atoms. The molecular weight excluding hydrogens is 347 g/mol. The predicted molar refractivity (Wildman–Crippen MR) is 97.1 cm³/mol. The number of carbonyl (C=O) groups excluding carboxylic acids is 1. The number of benzene rings is 1. The first kappa shape index (κ1) is 17.0. The number of nitrogens with one attached hydrogen (secondary N) is 2. The van der Waals surface area contributed by atoms with Crippen molar-refractivity contribution >= 4 is 40.6 Å². The van der Waals surface area contributed by atoms with Crippen molar-refractivity contribution in [3.05, 3.63) is 45.8 Å². The lowest BCUT2D eigenvalue weighted by Gasteiger charge is -2.14. The van der Waals surface area contributed by atoms with Crippen LogP contribution in [0.3, 0.4) is 0 Å². The van der Waals surface area contributed by atoms with Gasteiger partial charge >= 0.3 is 0 Å². The molecule has 1 saturated carbocycles. The van der Waals surface area contributed by atoms with Crippen molar-refractivity contribution in [1.29, 1.82) is 0 Å². The summed E-state index contributed by atoms with van der Waals surface area (Å²) in [6.07, 6.45) is 4.72. The number of anilines is 2. The van der Waals surface area contributed by atoms with Crippen LogP contribution in [0.2, 0.25) is 10.0 Å². The fourth-order valence-electron chi connectivity index (χ4n) is 2.81. The summed E-state index contributed by atoms with van der Waals surface area (Å²) < 4.78 is 0. The Balaban J connectivity index is 1.75. The van der Waals surface area contributed by atoms with E-state index in [-0.39, 0.29) is 5.91 Å². The van der Waals surface area contributed by atoms with Crippen LogP contribution in [0, 0.1) is 6.92 Å².